The summed E-state index contributed by atoms with van der Waals surface area (Å²) in [6.45, 7) is 0.369. The molecule has 29 heavy (non-hydrogen) atoms. The van der Waals surface area contributed by atoms with E-state index in [1.165, 1.54) is 34.4 Å². The zero-order valence-electron chi connectivity index (χ0n) is 15.5. The maximum absolute atomic E-state index is 12.1. The van der Waals surface area contributed by atoms with Crippen molar-refractivity contribution in [3.63, 3.8) is 0 Å². The Kier molecular flexibility index (Phi) is 5.41. The van der Waals surface area contributed by atoms with E-state index in [1.54, 1.807) is 6.07 Å². The van der Waals surface area contributed by atoms with Gasteiger partial charge in [-0.05, 0) is 40.5 Å². The van der Waals surface area contributed by atoms with Crippen LogP contribution in [0.4, 0.5) is 4.79 Å². The Balaban J connectivity index is 1.36. The molecule has 5 heteroatoms. The second-order valence-corrected chi connectivity index (χ2v) is 7.05. The number of amides is 1. The summed E-state index contributed by atoms with van der Waals surface area (Å²) < 4.78 is 5.45. The summed E-state index contributed by atoms with van der Waals surface area (Å²) in [5, 5.41) is 12.5. The number of nitrogens with one attached hydrogen (secondary N) is 1. The van der Waals surface area contributed by atoms with Gasteiger partial charge >= 0.3 is 6.09 Å². The Hall–Kier alpha value is -3.42. The summed E-state index contributed by atoms with van der Waals surface area (Å²) in [4.78, 5) is 12.1. The molecular weight excluding hydrogens is 386 g/mol. The van der Waals surface area contributed by atoms with E-state index < -0.39 is 6.09 Å². The lowest BCUT2D eigenvalue weighted by Crippen LogP contribution is -2.26. The van der Waals surface area contributed by atoms with Crippen LogP contribution in [0.15, 0.2) is 66.7 Å². The number of halogens is 1. The highest BCUT2D eigenvalue weighted by Crippen LogP contribution is 2.44. The number of phenols is 1. The maximum atomic E-state index is 12.1. The predicted molar refractivity (Wildman–Crippen MR) is 113 cm³/mol. The van der Waals surface area contributed by atoms with Gasteiger partial charge in [0.25, 0.3) is 0 Å². The molecule has 3 aromatic carbocycles. The van der Waals surface area contributed by atoms with Gasteiger partial charge in [-0.3, -0.25) is 0 Å². The van der Waals surface area contributed by atoms with Crippen LogP contribution >= 0.6 is 11.6 Å². The molecule has 144 valence electrons. The van der Waals surface area contributed by atoms with Gasteiger partial charge in [0, 0.05) is 11.5 Å². The molecule has 4 nitrogen and oxygen atoms in total. The molecule has 0 atom stereocenters. The molecule has 0 radical (unpaired) electrons. The molecule has 4 rings (SSSR count). The standard InChI is InChI=1S/C24H18ClNO3/c25-23-12-11-17(27)14-16(23)6-5-13-26-24(28)29-15-22-20-9-3-1-7-18(20)19-8-2-4-10-21(19)22/h1-4,7-12,14,22,27H,13,15H2,(H,26,28). The number of carbonyl (C=O) groups excluding carboxylic acids is 1. The van der Waals surface area contributed by atoms with Crippen molar-refractivity contribution in [1.82, 2.24) is 5.32 Å². The van der Waals surface area contributed by atoms with Crippen molar-refractivity contribution in [1.29, 1.82) is 0 Å². The molecule has 0 bridgehead atoms. The van der Waals surface area contributed by atoms with Crippen molar-refractivity contribution in [3.8, 4) is 28.7 Å². The minimum atomic E-state index is -0.525. The van der Waals surface area contributed by atoms with Crippen LogP contribution in [0.1, 0.15) is 22.6 Å². The number of fused-ring (bicyclic) bond motifs is 3. The first-order valence-electron chi connectivity index (χ1n) is 9.19. The van der Waals surface area contributed by atoms with Gasteiger partial charge in [-0.1, -0.05) is 72.0 Å². The van der Waals surface area contributed by atoms with Crippen molar-refractivity contribution >= 4 is 17.7 Å². The van der Waals surface area contributed by atoms with Crippen molar-refractivity contribution in [3.05, 3.63) is 88.4 Å². The van der Waals surface area contributed by atoms with Crippen LogP contribution in [0.5, 0.6) is 5.75 Å². The van der Waals surface area contributed by atoms with Crippen molar-refractivity contribution < 1.29 is 14.6 Å². The summed E-state index contributed by atoms with van der Waals surface area (Å²) in [5.74, 6) is 5.73. The number of ether oxygens (including phenoxy) is 1. The Morgan fingerprint density at radius 2 is 1.69 bits per heavy atom. The molecule has 0 saturated carbocycles. The van der Waals surface area contributed by atoms with Gasteiger partial charge in [0.1, 0.15) is 12.4 Å². The molecule has 0 saturated heterocycles. The zero-order chi connectivity index (χ0) is 20.2. The van der Waals surface area contributed by atoms with Crippen LogP contribution in [0.3, 0.4) is 0 Å². The molecule has 0 aliphatic heterocycles. The van der Waals surface area contributed by atoms with Gasteiger partial charge < -0.3 is 15.2 Å². The Morgan fingerprint density at radius 1 is 1.03 bits per heavy atom. The highest BCUT2D eigenvalue weighted by Gasteiger charge is 2.28. The van der Waals surface area contributed by atoms with E-state index in [0.29, 0.717) is 10.6 Å². The number of hydrogen-bond acceptors (Lipinski definition) is 3. The second kappa shape index (κ2) is 8.30. The largest absolute Gasteiger partial charge is 0.508 e. The van der Waals surface area contributed by atoms with E-state index in [4.69, 9.17) is 16.3 Å². The second-order valence-electron chi connectivity index (χ2n) is 6.65. The number of benzene rings is 3. The Morgan fingerprint density at radius 3 is 2.38 bits per heavy atom. The first-order valence-corrected chi connectivity index (χ1v) is 9.57. The van der Waals surface area contributed by atoms with Crippen LogP contribution < -0.4 is 5.32 Å². The quantitative estimate of drug-likeness (QED) is 0.609. The average Bonchev–Trinajstić information content (AvgIpc) is 3.06. The topological polar surface area (TPSA) is 58.6 Å². The minimum Gasteiger partial charge on any atom is -0.508 e. The van der Waals surface area contributed by atoms with E-state index in [9.17, 15) is 9.90 Å². The third-order valence-electron chi connectivity index (χ3n) is 4.84. The third kappa shape index (κ3) is 4.06. The molecule has 1 aliphatic rings. The highest BCUT2D eigenvalue weighted by molar-refractivity contribution is 6.31. The molecule has 0 heterocycles. The number of phenolic OH excluding ortho intramolecular Hbond substituents is 1. The number of carbonyl (C=O) groups is 1. The van der Waals surface area contributed by atoms with Crippen LogP contribution in [0.2, 0.25) is 5.02 Å². The van der Waals surface area contributed by atoms with Crippen LogP contribution in [0.25, 0.3) is 11.1 Å². The van der Waals surface area contributed by atoms with Crippen molar-refractivity contribution in [2.24, 2.45) is 0 Å². The molecule has 2 N–H and O–H groups in total. The van der Waals surface area contributed by atoms with Gasteiger partial charge in [0.15, 0.2) is 0 Å². The Labute approximate surface area is 174 Å². The fraction of sp³-hybridized carbons (Fsp3) is 0.125. The molecule has 3 aromatic rings. The summed E-state index contributed by atoms with van der Waals surface area (Å²) >= 11 is 6.02. The fourth-order valence-corrected chi connectivity index (χ4v) is 3.68. The third-order valence-corrected chi connectivity index (χ3v) is 5.17. The summed E-state index contributed by atoms with van der Waals surface area (Å²) in [7, 11) is 0. The summed E-state index contributed by atoms with van der Waals surface area (Å²) in [5.41, 5.74) is 5.21. The molecular formula is C24H18ClNO3. The smallest absolute Gasteiger partial charge is 0.407 e. The van der Waals surface area contributed by atoms with E-state index in [-0.39, 0.29) is 24.8 Å². The predicted octanol–water partition coefficient (Wildman–Crippen LogP) is 4.94. The van der Waals surface area contributed by atoms with Gasteiger partial charge in [-0.15, -0.1) is 0 Å². The van der Waals surface area contributed by atoms with E-state index in [1.807, 2.05) is 24.3 Å². The van der Waals surface area contributed by atoms with Crippen LogP contribution in [0, 0.1) is 11.8 Å². The van der Waals surface area contributed by atoms with Gasteiger partial charge in [0.05, 0.1) is 11.6 Å². The molecule has 1 amide bonds. The monoisotopic (exact) mass is 403 g/mol. The molecule has 1 aliphatic carbocycles. The first-order chi connectivity index (χ1) is 14.1. The number of aromatic hydroxyl groups is 1. The fourth-order valence-electron chi connectivity index (χ4n) is 3.51. The number of hydrogen-bond donors (Lipinski definition) is 2. The highest BCUT2D eigenvalue weighted by atomic mass is 35.5. The average molecular weight is 404 g/mol. The first kappa shape index (κ1) is 18.9. The summed E-state index contributed by atoms with van der Waals surface area (Å²) in [6.07, 6.45) is -0.525. The maximum Gasteiger partial charge on any atom is 0.407 e. The Bertz CT molecular complexity index is 1080. The van der Waals surface area contributed by atoms with Gasteiger partial charge in [0.2, 0.25) is 0 Å². The van der Waals surface area contributed by atoms with Crippen molar-refractivity contribution in [2.75, 3.05) is 13.2 Å². The van der Waals surface area contributed by atoms with Crippen LogP contribution in [-0.2, 0) is 4.74 Å². The van der Waals surface area contributed by atoms with E-state index >= 15 is 0 Å². The molecule has 0 spiro atoms. The van der Waals surface area contributed by atoms with Gasteiger partial charge in [-0.2, -0.15) is 0 Å². The van der Waals surface area contributed by atoms with E-state index in [2.05, 4.69) is 41.4 Å². The lowest BCUT2D eigenvalue weighted by molar-refractivity contribution is 0.144. The number of alkyl carbamates (subject to hydrolysis) is 1. The normalized spacial score (nSPS) is 11.8. The lowest BCUT2D eigenvalue weighted by atomic mass is 9.98. The molecule has 0 fully saturated rings. The molecule has 0 unspecified atom stereocenters. The van der Waals surface area contributed by atoms with Crippen molar-refractivity contribution in [2.45, 2.75) is 5.92 Å². The summed E-state index contributed by atoms with van der Waals surface area (Å²) in [6, 6.07) is 20.9. The zero-order valence-corrected chi connectivity index (χ0v) is 16.2. The minimum absolute atomic E-state index is 0.0188. The lowest BCUT2D eigenvalue weighted by Gasteiger charge is -2.14. The van der Waals surface area contributed by atoms with Crippen LogP contribution in [-0.4, -0.2) is 24.4 Å². The molecule has 0 aromatic heterocycles. The van der Waals surface area contributed by atoms with E-state index in [0.717, 1.165) is 0 Å². The van der Waals surface area contributed by atoms with Gasteiger partial charge in [-0.25, -0.2) is 4.79 Å². The number of rotatable bonds is 3. The SMILES string of the molecule is O=C(NCC#Cc1cc(O)ccc1Cl)OCC1c2ccccc2-c2ccccc21.